The summed E-state index contributed by atoms with van der Waals surface area (Å²) in [6.45, 7) is -0.223. The lowest BCUT2D eigenvalue weighted by molar-refractivity contribution is -0.137. The molecule has 2 amide bonds. The van der Waals surface area contributed by atoms with Crippen LogP contribution in [0.25, 0.3) is 0 Å². The summed E-state index contributed by atoms with van der Waals surface area (Å²) in [5.74, 6) is -0.157. The Labute approximate surface area is 201 Å². The van der Waals surface area contributed by atoms with Gasteiger partial charge in [0.2, 0.25) is 0 Å². The number of benzene rings is 3. The number of hydroxylamine groups is 2. The van der Waals surface area contributed by atoms with E-state index < -0.39 is 17.8 Å². The first-order valence-electron chi connectivity index (χ1n) is 9.77. The minimum atomic E-state index is -4.58. The number of aliphatic imine (C=N–C) groups is 2. The SMILES string of the molecule is O=C(Nc1cccc(C(F)(F)F)c1)N(O)C1=Nc2ccc(Cl)cc2C(c2ccccc2Cl)=NC1. The normalized spacial score (nSPS) is 13.4. The van der Waals surface area contributed by atoms with Gasteiger partial charge in [-0.05, 0) is 42.5 Å². The number of rotatable bonds is 2. The van der Waals surface area contributed by atoms with Gasteiger partial charge in [0, 0.05) is 26.9 Å². The molecule has 6 nitrogen and oxygen atoms in total. The molecule has 4 rings (SSSR count). The zero-order valence-electron chi connectivity index (χ0n) is 17.1. The van der Waals surface area contributed by atoms with Crippen molar-refractivity contribution in [3.63, 3.8) is 0 Å². The first-order valence-corrected chi connectivity index (χ1v) is 10.5. The maximum Gasteiger partial charge on any atom is 0.416 e. The number of amidine groups is 1. The molecular weight excluding hydrogens is 492 g/mol. The van der Waals surface area contributed by atoms with E-state index in [9.17, 15) is 23.2 Å². The fraction of sp³-hybridized carbons (Fsp3) is 0.0870. The molecule has 0 bridgehead atoms. The van der Waals surface area contributed by atoms with Gasteiger partial charge in [0.15, 0.2) is 5.84 Å². The van der Waals surface area contributed by atoms with Gasteiger partial charge >= 0.3 is 12.2 Å². The minimum absolute atomic E-state index is 0.152. The van der Waals surface area contributed by atoms with Gasteiger partial charge in [0.25, 0.3) is 0 Å². The van der Waals surface area contributed by atoms with Crippen molar-refractivity contribution in [2.24, 2.45) is 9.98 Å². The molecule has 1 aliphatic rings. The number of anilines is 1. The Morgan fingerprint density at radius 1 is 1.00 bits per heavy atom. The molecular formula is C23H15Cl2F3N4O2. The zero-order valence-corrected chi connectivity index (χ0v) is 18.7. The number of carbonyl (C=O) groups is 1. The van der Waals surface area contributed by atoms with E-state index in [1.165, 1.54) is 6.07 Å². The molecule has 0 unspecified atom stereocenters. The first-order chi connectivity index (χ1) is 16.1. The third kappa shape index (κ3) is 5.06. The highest BCUT2D eigenvalue weighted by Crippen LogP contribution is 2.32. The Morgan fingerprint density at radius 2 is 1.76 bits per heavy atom. The number of alkyl halides is 3. The van der Waals surface area contributed by atoms with Gasteiger partial charge in [-0.2, -0.15) is 18.2 Å². The Bertz CT molecular complexity index is 1330. The third-order valence-electron chi connectivity index (χ3n) is 4.85. The number of hydrogen-bond acceptors (Lipinski definition) is 4. The number of urea groups is 1. The second-order valence-corrected chi connectivity index (χ2v) is 8.00. The second kappa shape index (κ2) is 9.46. The second-order valence-electron chi connectivity index (χ2n) is 7.15. The third-order valence-corrected chi connectivity index (χ3v) is 5.41. The molecule has 174 valence electrons. The number of fused-ring (bicyclic) bond motifs is 1. The van der Waals surface area contributed by atoms with E-state index in [0.717, 1.165) is 18.2 Å². The molecule has 0 saturated heterocycles. The van der Waals surface area contributed by atoms with Gasteiger partial charge in [-0.25, -0.2) is 9.79 Å². The van der Waals surface area contributed by atoms with Crippen LogP contribution in [0, 0.1) is 0 Å². The van der Waals surface area contributed by atoms with Gasteiger partial charge in [-0.3, -0.25) is 10.2 Å². The average molecular weight is 507 g/mol. The summed E-state index contributed by atoms with van der Waals surface area (Å²) < 4.78 is 38.8. The number of nitrogens with zero attached hydrogens (tertiary/aromatic N) is 3. The summed E-state index contributed by atoms with van der Waals surface area (Å²) >= 11 is 12.5. The highest BCUT2D eigenvalue weighted by atomic mass is 35.5. The van der Waals surface area contributed by atoms with Crippen molar-refractivity contribution >= 4 is 52.2 Å². The average Bonchev–Trinajstić information content (AvgIpc) is 2.98. The molecule has 0 spiro atoms. The Kier molecular flexibility index (Phi) is 6.60. The van der Waals surface area contributed by atoms with E-state index in [0.29, 0.717) is 32.6 Å². The zero-order chi connectivity index (χ0) is 24.5. The molecule has 0 aromatic heterocycles. The standard InChI is InChI=1S/C23H15Cl2F3N4O2/c24-14-8-9-19-17(11-14)21(16-6-1-2-7-18(16)25)29-12-20(31-19)32(34)22(33)30-15-5-3-4-13(10-15)23(26,27)28/h1-11,34H,12H2,(H,30,33). The number of amides is 2. The molecule has 3 aromatic carbocycles. The predicted molar refractivity (Wildman–Crippen MR) is 125 cm³/mol. The molecule has 0 aliphatic carbocycles. The van der Waals surface area contributed by atoms with Gasteiger partial charge in [0.05, 0.1) is 17.0 Å². The molecule has 3 aromatic rings. The molecule has 11 heteroatoms. The molecule has 0 radical (unpaired) electrons. The monoisotopic (exact) mass is 506 g/mol. The molecule has 2 N–H and O–H groups in total. The molecule has 34 heavy (non-hydrogen) atoms. The fourth-order valence-electron chi connectivity index (χ4n) is 3.27. The highest BCUT2D eigenvalue weighted by Gasteiger charge is 2.31. The summed E-state index contributed by atoms with van der Waals surface area (Å²) in [5, 5.41) is 13.8. The number of carbonyl (C=O) groups excluding carboxylic acids is 1. The first kappa shape index (κ1) is 23.7. The van der Waals surface area contributed by atoms with E-state index >= 15 is 0 Å². The minimum Gasteiger partial charge on any atom is -0.306 e. The van der Waals surface area contributed by atoms with Crippen LogP contribution in [0.4, 0.5) is 29.3 Å². The van der Waals surface area contributed by atoms with Crippen molar-refractivity contribution < 1.29 is 23.2 Å². The largest absolute Gasteiger partial charge is 0.416 e. The Morgan fingerprint density at radius 3 is 2.50 bits per heavy atom. The van der Waals surface area contributed by atoms with Crippen LogP contribution in [-0.2, 0) is 6.18 Å². The summed E-state index contributed by atoms with van der Waals surface area (Å²) in [7, 11) is 0. The topological polar surface area (TPSA) is 77.3 Å². The maximum absolute atomic E-state index is 12.9. The van der Waals surface area contributed by atoms with Crippen molar-refractivity contribution in [2.45, 2.75) is 6.18 Å². The van der Waals surface area contributed by atoms with Crippen molar-refractivity contribution in [3.8, 4) is 0 Å². The van der Waals surface area contributed by atoms with Crippen LogP contribution in [0.1, 0.15) is 16.7 Å². The Balaban J connectivity index is 1.66. The predicted octanol–water partition coefficient (Wildman–Crippen LogP) is 6.82. The van der Waals surface area contributed by atoms with Crippen LogP contribution >= 0.6 is 23.2 Å². The maximum atomic E-state index is 12.9. The van der Waals surface area contributed by atoms with E-state index in [2.05, 4.69) is 15.3 Å². The molecule has 0 atom stereocenters. The van der Waals surface area contributed by atoms with Gasteiger partial charge in [-0.15, -0.1) is 0 Å². The lowest BCUT2D eigenvalue weighted by atomic mass is 10.0. The van der Waals surface area contributed by atoms with Crippen LogP contribution in [0.5, 0.6) is 0 Å². The number of nitrogens with one attached hydrogen (secondary N) is 1. The summed E-state index contributed by atoms with van der Waals surface area (Å²) in [6, 6.07) is 14.7. The molecule has 1 aliphatic heterocycles. The lowest BCUT2D eigenvalue weighted by Gasteiger charge is -2.17. The summed E-state index contributed by atoms with van der Waals surface area (Å²) in [4.78, 5) is 21.4. The van der Waals surface area contributed by atoms with Crippen LogP contribution < -0.4 is 5.32 Å². The van der Waals surface area contributed by atoms with Crippen molar-refractivity contribution in [3.05, 3.63) is 93.5 Å². The lowest BCUT2D eigenvalue weighted by Crippen LogP contribution is -2.38. The van der Waals surface area contributed by atoms with Crippen molar-refractivity contribution in [2.75, 3.05) is 11.9 Å². The molecule has 0 fully saturated rings. The summed E-state index contributed by atoms with van der Waals surface area (Å²) in [6.07, 6.45) is -4.58. The van der Waals surface area contributed by atoms with Crippen LogP contribution in [0.2, 0.25) is 10.0 Å². The molecule has 1 heterocycles. The van der Waals surface area contributed by atoms with Crippen LogP contribution in [0.3, 0.4) is 0 Å². The fourth-order valence-corrected chi connectivity index (χ4v) is 3.67. The van der Waals surface area contributed by atoms with E-state index in [1.54, 1.807) is 42.5 Å². The van der Waals surface area contributed by atoms with Crippen LogP contribution in [0.15, 0.2) is 76.7 Å². The highest BCUT2D eigenvalue weighted by molar-refractivity contribution is 6.36. The number of hydrogen-bond donors (Lipinski definition) is 2. The van der Waals surface area contributed by atoms with Crippen molar-refractivity contribution in [1.29, 1.82) is 0 Å². The van der Waals surface area contributed by atoms with Gasteiger partial charge in [0.1, 0.15) is 6.54 Å². The quantitative estimate of drug-likeness (QED) is 0.295. The smallest absolute Gasteiger partial charge is 0.306 e. The molecule has 0 saturated carbocycles. The Hall–Kier alpha value is -3.40. The van der Waals surface area contributed by atoms with Crippen molar-refractivity contribution in [1.82, 2.24) is 5.06 Å². The van der Waals surface area contributed by atoms with E-state index in [1.807, 2.05) is 0 Å². The van der Waals surface area contributed by atoms with E-state index in [4.69, 9.17) is 23.2 Å². The van der Waals surface area contributed by atoms with E-state index in [-0.39, 0.29) is 23.1 Å². The number of halogens is 5. The van der Waals surface area contributed by atoms with Gasteiger partial charge < -0.3 is 5.32 Å². The summed E-state index contributed by atoms with van der Waals surface area (Å²) in [5.41, 5.74) is 0.848. The van der Waals surface area contributed by atoms with Gasteiger partial charge in [-0.1, -0.05) is 47.5 Å². The van der Waals surface area contributed by atoms with Crippen LogP contribution in [-0.4, -0.2) is 34.4 Å².